The average Bonchev–Trinajstić information content (AvgIpc) is 2.65. The normalized spacial score (nSPS) is 11.1. The molecule has 0 spiro atoms. The zero-order valence-corrected chi connectivity index (χ0v) is 16.3. The molecule has 2 N–H and O–H groups in total. The van der Waals surface area contributed by atoms with Gasteiger partial charge in [0, 0.05) is 5.56 Å². The fourth-order valence-corrected chi connectivity index (χ4v) is 3.06. The summed E-state index contributed by atoms with van der Waals surface area (Å²) < 4.78 is 5.83. The van der Waals surface area contributed by atoms with E-state index in [4.69, 9.17) is 4.74 Å². The summed E-state index contributed by atoms with van der Waals surface area (Å²) in [4.78, 5) is 12.4. The summed E-state index contributed by atoms with van der Waals surface area (Å²) in [6, 6.07) is 8.12. The van der Waals surface area contributed by atoms with Crippen molar-refractivity contribution >= 4 is 11.9 Å². The molecule has 0 saturated heterocycles. The van der Waals surface area contributed by atoms with Crippen LogP contribution in [-0.4, -0.2) is 22.6 Å². The van der Waals surface area contributed by atoms with Gasteiger partial charge in [0.15, 0.2) is 5.78 Å². The van der Waals surface area contributed by atoms with Crippen LogP contribution in [-0.2, 0) is 12.8 Å². The van der Waals surface area contributed by atoms with Gasteiger partial charge in [-0.2, -0.15) is 0 Å². The molecule has 0 unspecified atom stereocenters. The minimum Gasteiger partial charge on any atom is -0.508 e. The zero-order chi connectivity index (χ0) is 19.8. The van der Waals surface area contributed by atoms with E-state index in [1.807, 2.05) is 13.0 Å². The summed E-state index contributed by atoms with van der Waals surface area (Å²) >= 11 is 0. The molecule has 0 radical (unpaired) electrons. The standard InChI is InChI=1S/C23H28O4/c1-4-7-17-15-18(8-5-2)23(27-6-3)20(22(17)26)13-14-21(25)16-9-11-19(24)12-10-16/h9-15,24,26H,4-8H2,1-3H3. The van der Waals surface area contributed by atoms with E-state index in [1.54, 1.807) is 18.2 Å². The fourth-order valence-electron chi connectivity index (χ4n) is 3.06. The molecule has 4 nitrogen and oxygen atoms in total. The van der Waals surface area contributed by atoms with Crippen molar-refractivity contribution in [3.63, 3.8) is 0 Å². The van der Waals surface area contributed by atoms with E-state index in [9.17, 15) is 15.0 Å². The molecule has 0 heterocycles. The van der Waals surface area contributed by atoms with Gasteiger partial charge in [0.2, 0.25) is 0 Å². The van der Waals surface area contributed by atoms with Gasteiger partial charge < -0.3 is 14.9 Å². The van der Waals surface area contributed by atoms with E-state index in [1.165, 1.54) is 18.2 Å². The van der Waals surface area contributed by atoms with Gasteiger partial charge in [0.05, 0.1) is 12.2 Å². The van der Waals surface area contributed by atoms with Crippen LogP contribution >= 0.6 is 0 Å². The molecular weight excluding hydrogens is 340 g/mol. The number of ketones is 1. The molecular formula is C23H28O4. The Labute approximate surface area is 161 Å². The van der Waals surface area contributed by atoms with E-state index in [2.05, 4.69) is 13.8 Å². The van der Waals surface area contributed by atoms with Crippen LogP contribution in [0.3, 0.4) is 0 Å². The lowest BCUT2D eigenvalue weighted by Gasteiger charge is -2.17. The van der Waals surface area contributed by atoms with Gasteiger partial charge in [-0.05, 0) is 73.4 Å². The number of aromatic hydroxyl groups is 2. The molecule has 2 aromatic carbocycles. The first kappa shape index (κ1) is 20.6. The highest BCUT2D eigenvalue weighted by Gasteiger charge is 2.17. The van der Waals surface area contributed by atoms with Gasteiger partial charge in [-0.25, -0.2) is 0 Å². The molecule has 0 fully saturated rings. The van der Waals surface area contributed by atoms with Crippen LogP contribution in [0.2, 0.25) is 0 Å². The number of benzene rings is 2. The van der Waals surface area contributed by atoms with Crippen LogP contribution in [0.5, 0.6) is 17.2 Å². The molecule has 0 aliphatic rings. The van der Waals surface area contributed by atoms with Crippen LogP contribution in [0.25, 0.3) is 6.08 Å². The van der Waals surface area contributed by atoms with Crippen molar-refractivity contribution in [1.82, 2.24) is 0 Å². The lowest BCUT2D eigenvalue weighted by Crippen LogP contribution is -2.02. The van der Waals surface area contributed by atoms with Gasteiger partial charge >= 0.3 is 0 Å². The molecule has 0 bridgehead atoms. The average molecular weight is 368 g/mol. The first-order valence-corrected chi connectivity index (χ1v) is 9.53. The highest BCUT2D eigenvalue weighted by atomic mass is 16.5. The lowest BCUT2D eigenvalue weighted by molar-refractivity contribution is 0.104. The Bertz CT molecular complexity index is 804. The maximum absolute atomic E-state index is 12.4. The van der Waals surface area contributed by atoms with Crippen molar-refractivity contribution < 1.29 is 19.7 Å². The van der Waals surface area contributed by atoms with Gasteiger partial charge in [-0.1, -0.05) is 26.7 Å². The summed E-state index contributed by atoms with van der Waals surface area (Å²) in [5.41, 5.74) is 2.96. The molecule has 2 aromatic rings. The summed E-state index contributed by atoms with van der Waals surface area (Å²) in [5, 5.41) is 20.1. The van der Waals surface area contributed by atoms with E-state index < -0.39 is 0 Å². The molecule has 144 valence electrons. The number of allylic oxidation sites excluding steroid dienone is 1. The number of hydrogen-bond acceptors (Lipinski definition) is 4. The third-order valence-corrected chi connectivity index (χ3v) is 4.32. The first-order valence-electron chi connectivity index (χ1n) is 9.53. The second-order valence-corrected chi connectivity index (χ2v) is 6.46. The third kappa shape index (κ3) is 5.13. The van der Waals surface area contributed by atoms with Gasteiger partial charge in [-0.3, -0.25) is 4.79 Å². The highest BCUT2D eigenvalue weighted by molar-refractivity contribution is 6.07. The Kier molecular flexibility index (Phi) is 7.47. The third-order valence-electron chi connectivity index (χ3n) is 4.32. The summed E-state index contributed by atoms with van der Waals surface area (Å²) in [7, 11) is 0. The summed E-state index contributed by atoms with van der Waals surface area (Å²) in [6.07, 6.45) is 6.57. The van der Waals surface area contributed by atoms with Crippen LogP contribution in [0.1, 0.15) is 60.7 Å². The molecule has 0 atom stereocenters. The molecule has 0 aliphatic heterocycles. The molecule has 4 heteroatoms. The minimum absolute atomic E-state index is 0.114. The number of rotatable bonds is 9. The number of hydrogen-bond donors (Lipinski definition) is 2. The Balaban J connectivity index is 2.48. The minimum atomic E-state index is -0.199. The van der Waals surface area contributed by atoms with Gasteiger partial charge in [0.1, 0.15) is 17.2 Å². The first-order chi connectivity index (χ1) is 13.0. The molecule has 2 rings (SSSR count). The predicted octanol–water partition coefficient (Wildman–Crippen LogP) is 5.30. The molecule has 27 heavy (non-hydrogen) atoms. The van der Waals surface area contributed by atoms with Crippen molar-refractivity contribution in [2.45, 2.75) is 46.5 Å². The molecule has 0 amide bonds. The van der Waals surface area contributed by atoms with Crippen molar-refractivity contribution in [3.05, 3.63) is 58.7 Å². The summed E-state index contributed by atoms with van der Waals surface area (Å²) in [5.74, 6) is 0.736. The quantitative estimate of drug-likeness (QED) is 0.466. The topological polar surface area (TPSA) is 66.8 Å². The number of carbonyl (C=O) groups is 1. The van der Waals surface area contributed by atoms with Crippen molar-refractivity contribution in [2.75, 3.05) is 6.61 Å². The van der Waals surface area contributed by atoms with Gasteiger partial charge in [-0.15, -0.1) is 0 Å². The monoisotopic (exact) mass is 368 g/mol. The number of aryl methyl sites for hydroxylation is 2. The zero-order valence-electron chi connectivity index (χ0n) is 16.3. The SMILES string of the molecule is CCCc1cc(CCC)c(OCC)c(C=CC(=O)c2ccc(O)cc2)c1O. The Hall–Kier alpha value is -2.75. The number of ether oxygens (including phenoxy) is 1. The number of phenols is 2. The maximum atomic E-state index is 12.4. The van der Waals surface area contributed by atoms with Crippen LogP contribution < -0.4 is 4.74 Å². The van der Waals surface area contributed by atoms with Crippen LogP contribution in [0, 0.1) is 0 Å². The second kappa shape index (κ2) is 9.81. The number of phenolic OH excluding ortho intramolecular Hbond substituents is 2. The van der Waals surface area contributed by atoms with E-state index in [0.29, 0.717) is 23.5 Å². The largest absolute Gasteiger partial charge is 0.508 e. The van der Waals surface area contributed by atoms with E-state index in [0.717, 1.165) is 36.8 Å². The van der Waals surface area contributed by atoms with Crippen molar-refractivity contribution in [1.29, 1.82) is 0 Å². The van der Waals surface area contributed by atoms with Gasteiger partial charge in [0.25, 0.3) is 0 Å². The maximum Gasteiger partial charge on any atom is 0.185 e. The molecule has 0 aromatic heterocycles. The summed E-state index contributed by atoms with van der Waals surface area (Å²) in [6.45, 7) is 6.56. The molecule has 0 aliphatic carbocycles. The lowest BCUT2D eigenvalue weighted by atomic mass is 9.96. The number of carbonyl (C=O) groups excluding carboxylic acids is 1. The van der Waals surface area contributed by atoms with E-state index in [-0.39, 0.29) is 17.3 Å². The fraction of sp³-hybridized carbons (Fsp3) is 0.348. The van der Waals surface area contributed by atoms with E-state index >= 15 is 0 Å². The second-order valence-electron chi connectivity index (χ2n) is 6.46. The Morgan fingerprint density at radius 3 is 2.22 bits per heavy atom. The molecule has 0 saturated carbocycles. The predicted molar refractivity (Wildman–Crippen MR) is 109 cm³/mol. The highest BCUT2D eigenvalue weighted by Crippen LogP contribution is 2.37. The van der Waals surface area contributed by atoms with Crippen LogP contribution in [0.4, 0.5) is 0 Å². The van der Waals surface area contributed by atoms with Crippen molar-refractivity contribution in [3.8, 4) is 17.2 Å². The van der Waals surface area contributed by atoms with Crippen molar-refractivity contribution in [2.24, 2.45) is 0 Å². The smallest absolute Gasteiger partial charge is 0.185 e. The Morgan fingerprint density at radius 2 is 1.63 bits per heavy atom. The van der Waals surface area contributed by atoms with Crippen LogP contribution in [0.15, 0.2) is 36.4 Å². The Morgan fingerprint density at radius 1 is 1.00 bits per heavy atom.